The van der Waals surface area contributed by atoms with Gasteiger partial charge in [0.15, 0.2) is 0 Å². The lowest BCUT2D eigenvalue weighted by Gasteiger charge is -2.21. The Balaban J connectivity index is 2.35. The number of benzene rings is 1. The Hall–Kier alpha value is 0.0400. The predicted molar refractivity (Wildman–Crippen MR) is 69.0 cm³/mol. The van der Waals surface area contributed by atoms with Crippen LogP contribution in [0.3, 0.4) is 0 Å². The molecule has 82 valence electrons. The molecule has 1 heterocycles. The zero-order chi connectivity index (χ0) is 11.0. The van der Waals surface area contributed by atoms with E-state index in [-0.39, 0.29) is 6.04 Å². The fourth-order valence-corrected chi connectivity index (χ4v) is 3.27. The zero-order valence-electron chi connectivity index (χ0n) is 8.01. The summed E-state index contributed by atoms with van der Waals surface area (Å²) in [5.41, 5.74) is 6.75. The van der Waals surface area contributed by atoms with Gasteiger partial charge in [-0.15, -0.1) is 0 Å². The first-order valence-electron chi connectivity index (χ1n) is 4.73. The van der Waals surface area contributed by atoms with Crippen LogP contribution in [-0.4, -0.2) is 19.1 Å². The van der Waals surface area contributed by atoms with Gasteiger partial charge in [-0.1, -0.05) is 39.1 Å². The Morgan fingerprint density at radius 2 is 1.93 bits per heavy atom. The van der Waals surface area contributed by atoms with Crippen LogP contribution < -0.4 is 10.6 Å². The molecule has 5 heteroatoms. The molecule has 0 radical (unpaired) electrons. The highest BCUT2D eigenvalue weighted by atomic mass is 79.9. The summed E-state index contributed by atoms with van der Waals surface area (Å²) in [5, 5.41) is 1.34. The largest absolute Gasteiger partial charge is 0.368 e. The highest BCUT2D eigenvalue weighted by Gasteiger charge is 2.23. The van der Waals surface area contributed by atoms with Gasteiger partial charge in [-0.25, -0.2) is 0 Å². The third-order valence-electron chi connectivity index (χ3n) is 2.52. The SMILES string of the molecule is NC1CCN(c2c(Cl)cc(Br)cc2Cl)C1. The van der Waals surface area contributed by atoms with Crippen LogP contribution in [0.2, 0.25) is 10.0 Å². The normalized spacial score (nSPS) is 21.1. The number of hydrogen-bond donors (Lipinski definition) is 1. The van der Waals surface area contributed by atoms with Crippen molar-refractivity contribution in [2.75, 3.05) is 18.0 Å². The van der Waals surface area contributed by atoms with E-state index in [4.69, 9.17) is 28.9 Å². The van der Waals surface area contributed by atoms with Crippen LogP contribution in [0.4, 0.5) is 5.69 Å². The number of rotatable bonds is 1. The Bertz CT molecular complexity index is 361. The van der Waals surface area contributed by atoms with Gasteiger partial charge in [0.1, 0.15) is 0 Å². The average molecular weight is 310 g/mol. The topological polar surface area (TPSA) is 29.3 Å². The van der Waals surface area contributed by atoms with Crippen molar-refractivity contribution < 1.29 is 0 Å². The summed E-state index contributed by atoms with van der Waals surface area (Å²) in [4.78, 5) is 2.14. The molecule has 2 rings (SSSR count). The molecular weight excluding hydrogens is 299 g/mol. The van der Waals surface area contributed by atoms with Gasteiger partial charge < -0.3 is 10.6 Å². The van der Waals surface area contributed by atoms with Gasteiger partial charge in [0.2, 0.25) is 0 Å². The van der Waals surface area contributed by atoms with Crippen molar-refractivity contribution in [2.45, 2.75) is 12.5 Å². The molecule has 1 saturated heterocycles. The van der Waals surface area contributed by atoms with Gasteiger partial charge >= 0.3 is 0 Å². The van der Waals surface area contributed by atoms with Gasteiger partial charge in [-0.3, -0.25) is 0 Å². The summed E-state index contributed by atoms with van der Waals surface area (Å²) >= 11 is 15.7. The van der Waals surface area contributed by atoms with Crippen molar-refractivity contribution in [1.29, 1.82) is 0 Å². The van der Waals surface area contributed by atoms with E-state index in [1.165, 1.54) is 0 Å². The fourth-order valence-electron chi connectivity index (χ4n) is 1.83. The van der Waals surface area contributed by atoms with Crippen molar-refractivity contribution in [3.05, 3.63) is 26.7 Å². The number of nitrogens with two attached hydrogens (primary N) is 1. The molecule has 1 aliphatic rings. The zero-order valence-corrected chi connectivity index (χ0v) is 11.1. The second-order valence-electron chi connectivity index (χ2n) is 3.71. The van der Waals surface area contributed by atoms with Crippen LogP contribution in [0.5, 0.6) is 0 Å². The molecule has 0 spiro atoms. The monoisotopic (exact) mass is 308 g/mol. The molecule has 0 saturated carbocycles. The third-order valence-corrected chi connectivity index (χ3v) is 3.56. The quantitative estimate of drug-likeness (QED) is 0.862. The third kappa shape index (κ3) is 2.41. The molecule has 15 heavy (non-hydrogen) atoms. The smallest absolute Gasteiger partial charge is 0.0746 e. The first kappa shape index (κ1) is 11.5. The van der Waals surface area contributed by atoms with Crippen molar-refractivity contribution in [3.63, 3.8) is 0 Å². The lowest BCUT2D eigenvalue weighted by molar-refractivity contribution is 0.752. The molecule has 1 fully saturated rings. The van der Waals surface area contributed by atoms with E-state index in [1.54, 1.807) is 0 Å². The number of halogens is 3. The predicted octanol–water partition coefficient (Wildman–Crippen LogP) is 3.29. The first-order chi connectivity index (χ1) is 7.08. The van der Waals surface area contributed by atoms with Gasteiger partial charge in [0.05, 0.1) is 15.7 Å². The maximum Gasteiger partial charge on any atom is 0.0746 e. The second-order valence-corrected chi connectivity index (χ2v) is 5.44. The molecule has 0 bridgehead atoms. The molecule has 0 aromatic heterocycles. The van der Waals surface area contributed by atoms with Crippen molar-refractivity contribution in [1.82, 2.24) is 0 Å². The van der Waals surface area contributed by atoms with Gasteiger partial charge in [0, 0.05) is 23.6 Å². The van der Waals surface area contributed by atoms with Gasteiger partial charge in [-0.2, -0.15) is 0 Å². The standard InChI is InChI=1S/C10H11BrCl2N2/c11-6-3-8(12)10(9(13)4-6)15-2-1-7(14)5-15/h3-4,7H,1-2,5,14H2. The Labute approximate surface area is 107 Å². The summed E-state index contributed by atoms with van der Waals surface area (Å²) in [6.07, 6.45) is 0.989. The molecule has 0 aliphatic carbocycles. The minimum absolute atomic E-state index is 0.223. The molecule has 1 atom stereocenters. The highest BCUT2D eigenvalue weighted by molar-refractivity contribution is 9.10. The Kier molecular flexibility index (Phi) is 3.45. The summed E-state index contributed by atoms with van der Waals surface area (Å²) in [6.45, 7) is 1.74. The van der Waals surface area contributed by atoms with Crippen molar-refractivity contribution >= 4 is 44.8 Å². The molecule has 0 amide bonds. The minimum atomic E-state index is 0.223. The van der Waals surface area contributed by atoms with Crippen LogP contribution >= 0.6 is 39.1 Å². The van der Waals surface area contributed by atoms with Crippen molar-refractivity contribution in [3.8, 4) is 0 Å². The van der Waals surface area contributed by atoms with E-state index in [0.29, 0.717) is 10.0 Å². The maximum absolute atomic E-state index is 6.17. The van der Waals surface area contributed by atoms with Crippen LogP contribution in [0.15, 0.2) is 16.6 Å². The van der Waals surface area contributed by atoms with Crippen LogP contribution in [0.1, 0.15) is 6.42 Å². The molecule has 2 nitrogen and oxygen atoms in total. The summed E-state index contributed by atoms with van der Waals surface area (Å²) in [7, 11) is 0. The first-order valence-corrected chi connectivity index (χ1v) is 6.28. The lowest BCUT2D eigenvalue weighted by Crippen LogP contribution is -2.26. The molecule has 1 aromatic carbocycles. The molecule has 1 aliphatic heterocycles. The second kappa shape index (κ2) is 4.50. The molecule has 1 aromatic rings. The lowest BCUT2D eigenvalue weighted by atomic mass is 10.3. The average Bonchev–Trinajstić information content (AvgIpc) is 2.49. The molecule has 2 N–H and O–H groups in total. The van der Waals surface area contributed by atoms with Crippen LogP contribution in [-0.2, 0) is 0 Å². The Morgan fingerprint density at radius 1 is 1.33 bits per heavy atom. The summed E-state index contributed by atoms with van der Waals surface area (Å²) < 4.78 is 0.893. The summed E-state index contributed by atoms with van der Waals surface area (Å²) in [6, 6.07) is 3.93. The Morgan fingerprint density at radius 3 is 2.40 bits per heavy atom. The van der Waals surface area contributed by atoms with E-state index in [9.17, 15) is 0 Å². The maximum atomic E-state index is 6.17. The number of anilines is 1. The van der Waals surface area contributed by atoms with Crippen molar-refractivity contribution in [2.24, 2.45) is 5.73 Å². The van der Waals surface area contributed by atoms with E-state index < -0.39 is 0 Å². The van der Waals surface area contributed by atoms with Crippen LogP contribution in [0.25, 0.3) is 0 Å². The van der Waals surface area contributed by atoms with E-state index in [2.05, 4.69) is 20.8 Å². The van der Waals surface area contributed by atoms with Crippen LogP contribution in [0, 0.1) is 0 Å². The molecular formula is C10H11BrCl2N2. The molecule has 1 unspecified atom stereocenters. The number of nitrogens with zero attached hydrogens (tertiary/aromatic N) is 1. The van der Waals surface area contributed by atoms with Gasteiger partial charge in [-0.05, 0) is 18.6 Å². The summed E-state index contributed by atoms with van der Waals surface area (Å²) in [5.74, 6) is 0. The minimum Gasteiger partial charge on any atom is -0.368 e. The van der Waals surface area contributed by atoms with E-state index in [1.807, 2.05) is 12.1 Å². The van der Waals surface area contributed by atoms with E-state index >= 15 is 0 Å². The fraction of sp³-hybridized carbons (Fsp3) is 0.400. The van der Waals surface area contributed by atoms with E-state index in [0.717, 1.165) is 29.7 Å². The highest BCUT2D eigenvalue weighted by Crippen LogP contribution is 2.37. The van der Waals surface area contributed by atoms with Gasteiger partial charge in [0.25, 0.3) is 0 Å². The number of hydrogen-bond acceptors (Lipinski definition) is 2.